The minimum absolute atomic E-state index is 0.00673. The number of alkyl carbamates (subject to hydrolysis) is 1. The lowest BCUT2D eigenvalue weighted by Gasteiger charge is -2.16. The minimum atomic E-state index is -1.10. The largest absolute Gasteiger partial charge is 0.478 e. The third-order valence-corrected chi connectivity index (χ3v) is 7.80. The number of rotatable bonds is 7. The van der Waals surface area contributed by atoms with Crippen LogP contribution in [-0.2, 0) is 9.53 Å². The molecule has 0 saturated heterocycles. The van der Waals surface area contributed by atoms with Gasteiger partial charge in [-0.2, -0.15) is 4.37 Å². The number of benzene rings is 2. The second-order valence-electron chi connectivity index (χ2n) is 8.96. The zero-order chi connectivity index (χ0) is 24.7. The predicted octanol–water partition coefficient (Wildman–Crippen LogP) is 4.29. The molecule has 35 heavy (non-hydrogen) atoms. The Kier molecular flexibility index (Phi) is 6.02. The Labute approximate surface area is 206 Å². The lowest BCUT2D eigenvalue weighted by atomic mass is 9.98. The fraction of sp³-hybridized carbons (Fsp3) is 0.308. The molecule has 9 heteroatoms. The van der Waals surface area contributed by atoms with Gasteiger partial charge in [-0.1, -0.05) is 48.5 Å². The summed E-state index contributed by atoms with van der Waals surface area (Å²) in [5, 5.41) is 12.5. The number of nitrogens with zero attached hydrogens (tertiary/aromatic N) is 2. The van der Waals surface area contributed by atoms with Gasteiger partial charge in [0.05, 0.1) is 5.69 Å². The van der Waals surface area contributed by atoms with E-state index < -0.39 is 12.1 Å². The molecular weight excluding hydrogens is 466 g/mol. The first-order valence-corrected chi connectivity index (χ1v) is 12.2. The molecule has 0 bridgehead atoms. The van der Waals surface area contributed by atoms with Crippen molar-refractivity contribution in [3.05, 3.63) is 70.9 Å². The fourth-order valence-electron chi connectivity index (χ4n) is 4.82. The Morgan fingerprint density at radius 3 is 2.37 bits per heavy atom. The lowest BCUT2D eigenvalue weighted by Crippen LogP contribution is -2.31. The third-order valence-electron chi connectivity index (χ3n) is 6.79. The van der Waals surface area contributed by atoms with E-state index in [-0.39, 0.29) is 35.8 Å². The van der Waals surface area contributed by atoms with E-state index in [1.54, 1.807) is 14.0 Å². The molecule has 2 atom stereocenters. The molecular formula is C26H25N3O5S. The van der Waals surface area contributed by atoms with Crippen molar-refractivity contribution < 1.29 is 24.2 Å². The van der Waals surface area contributed by atoms with E-state index in [2.05, 4.69) is 34.0 Å². The first-order chi connectivity index (χ1) is 16.9. The average Bonchev–Trinajstić information content (AvgIpc) is 3.42. The molecule has 2 aliphatic carbocycles. The maximum absolute atomic E-state index is 12.8. The van der Waals surface area contributed by atoms with Gasteiger partial charge in [-0.25, -0.2) is 9.59 Å². The summed E-state index contributed by atoms with van der Waals surface area (Å²) in [4.78, 5) is 38.1. The monoisotopic (exact) mass is 491 g/mol. The molecule has 0 unspecified atom stereocenters. The summed E-state index contributed by atoms with van der Waals surface area (Å²) in [6, 6.07) is 16.3. The van der Waals surface area contributed by atoms with Gasteiger partial charge in [0.2, 0.25) is 5.91 Å². The average molecular weight is 492 g/mol. The number of fused-ring (bicyclic) bond motifs is 3. The van der Waals surface area contributed by atoms with E-state index in [0.29, 0.717) is 23.7 Å². The molecule has 2 aromatic carbocycles. The number of aromatic carboxylic acids is 1. The number of aromatic nitrogens is 1. The van der Waals surface area contributed by atoms with Gasteiger partial charge in [0.15, 0.2) is 0 Å². The van der Waals surface area contributed by atoms with Crippen molar-refractivity contribution in [3.8, 4) is 11.1 Å². The first kappa shape index (κ1) is 23.0. The van der Waals surface area contributed by atoms with Crippen molar-refractivity contribution in [2.75, 3.05) is 25.1 Å². The molecule has 0 spiro atoms. The van der Waals surface area contributed by atoms with E-state index in [9.17, 15) is 19.5 Å². The van der Waals surface area contributed by atoms with Crippen LogP contribution in [0.25, 0.3) is 11.1 Å². The van der Waals surface area contributed by atoms with Crippen LogP contribution in [0.4, 0.5) is 9.80 Å². The van der Waals surface area contributed by atoms with Crippen LogP contribution >= 0.6 is 11.5 Å². The molecule has 0 aliphatic heterocycles. The van der Waals surface area contributed by atoms with E-state index in [1.165, 1.54) is 16.0 Å². The smallest absolute Gasteiger partial charge is 0.407 e. The third kappa shape index (κ3) is 4.27. The topological polar surface area (TPSA) is 109 Å². The zero-order valence-electron chi connectivity index (χ0n) is 19.4. The lowest BCUT2D eigenvalue weighted by molar-refractivity contribution is -0.119. The summed E-state index contributed by atoms with van der Waals surface area (Å²) in [6.45, 7) is 2.17. The molecule has 3 aromatic rings. The van der Waals surface area contributed by atoms with E-state index in [1.807, 2.05) is 24.3 Å². The Hall–Kier alpha value is -3.72. The van der Waals surface area contributed by atoms with Gasteiger partial charge in [-0.05, 0) is 53.0 Å². The van der Waals surface area contributed by atoms with Gasteiger partial charge in [0.1, 0.15) is 17.2 Å². The van der Waals surface area contributed by atoms with Crippen LogP contribution in [0.3, 0.4) is 0 Å². The number of nitrogens with one attached hydrogen (secondary N) is 1. The molecule has 1 saturated carbocycles. The highest BCUT2D eigenvalue weighted by atomic mass is 32.1. The van der Waals surface area contributed by atoms with Gasteiger partial charge in [-0.3, -0.25) is 4.79 Å². The van der Waals surface area contributed by atoms with Crippen molar-refractivity contribution in [2.24, 2.45) is 11.8 Å². The SMILES string of the molecule is Cc1nsc(N(C)C(=O)[C@H]2C[C@H]2CNC(=O)OCC2c3ccccc3-c3ccccc32)c1C(=O)O. The van der Waals surface area contributed by atoms with Crippen molar-refractivity contribution in [3.63, 3.8) is 0 Å². The van der Waals surface area contributed by atoms with Crippen LogP contribution in [0.1, 0.15) is 39.5 Å². The number of aryl methyl sites for hydroxylation is 1. The molecule has 2 aliphatic rings. The molecule has 1 aromatic heterocycles. The first-order valence-electron chi connectivity index (χ1n) is 11.4. The summed E-state index contributed by atoms with van der Waals surface area (Å²) >= 11 is 0.999. The summed E-state index contributed by atoms with van der Waals surface area (Å²) in [7, 11) is 1.57. The molecule has 1 heterocycles. The highest BCUT2D eigenvalue weighted by Crippen LogP contribution is 2.44. The molecule has 5 rings (SSSR count). The van der Waals surface area contributed by atoms with Crippen LogP contribution in [0.2, 0.25) is 0 Å². The van der Waals surface area contributed by atoms with E-state index in [4.69, 9.17) is 4.74 Å². The number of ether oxygens (including phenoxy) is 1. The Balaban J connectivity index is 1.14. The Bertz CT molecular complexity index is 1270. The summed E-state index contributed by atoms with van der Waals surface area (Å²) < 4.78 is 9.63. The van der Waals surface area contributed by atoms with E-state index in [0.717, 1.165) is 22.7 Å². The highest BCUT2D eigenvalue weighted by molar-refractivity contribution is 7.11. The molecule has 2 N–H and O–H groups in total. The summed E-state index contributed by atoms with van der Waals surface area (Å²) in [5.74, 6) is -1.56. The van der Waals surface area contributed by atoms with Crippen molar-refractivity contribution >= 4 is 34.5 Å². The van der Waals surface area contributed by atoms with Crippen LogP contribution in [0.5, 0.6) is 0 Å². The number of carbonyl (C=O) groups excluding carboxylic acids is 2. The molecule has 2 amide bonds. The number of amides is 2. The van der Waals surface area contributed by atoms with Crippen molar-refractivity contribution in [1.29, 1.82) is 0 Å². The Morgan fingerprint density at radius 1 is 1.11 bits per heavy atom. The highest BCUT2D eigenvalue weighted by Gasteiger charge is 2.45. The van der Waals surface area contributed by atoms with Crippen LogP contribution < -0.4 is 10.2 Å². The standard InChI is InChI=1S/C26H25N3O5S/c1-14-22(25(31)32)24(35-28-14)29(2)23(30)20-11-15(20)12-27-26(33)34-13-21-18-9-5-3-7-16(18)17-8-4-6-10-19(17)21/h3-10,15,20-21H,11-13H2,1-2H3,(H,27,33)(H,31,32)/t15-,20-/m0/s1. The maximum atomic E-state index is 12.8. The van der Waals surface area contributed by atoms with Crippen LogP contribution in [0.15, 0.2) is 48.5 Å². The number of hydrogen-bond acceptors (Lipinski definition) is 6. The van der Waals surface area contributed by atoms with Gasteiger partial charge in [-0.15, -0.1) is 0 Å². The number of carboxylic acid groups (broad SMARTS) is 1. The normalized spacial score (nSPS) is 17.9. The summed E-state index contributed by atoms with van der Waals surface area (Å²) in [6.07, 6.45) is 0.122. The molecule has 1 fully saturated rings. The van der Waals surface area contributed by atoms with Crippen molar-refractivity contribution in [1.82, 2.24) is 9.69 Å². The number of hydrogen-bond donors (Lipinski definition) is 2. The quantitative estimate of drug-likeness (QED) is 0.511. The van der Waals surface area contributed by atoms with Gasteiger partial charge < -0.3 is 20.1 Å². The number of anilines is 1. The van der Waals surface area contributed by atoms with Crippen LogP contribution in [0, 0.1) is 18.8 Å². The summed E-state index contributed by atoms with van der Waals surface area (Å²) in [5.41, 5.74) is 5.08. The second-order valence-corrected chi connectivity index (χ2v) is 9.71. The second kappa shape index (κ2) is 9.14. The van der Waals surface area contributed by atoms with Crippen molar-refractivity contribution in [2.45, 2.75) is 19.3 Å². The molecule has 8 nitrogen and oxygen atoms in total. The molecule has 180 valence electrons. The number of carbonyl (C=O) groups is 3. The fourth-order valence-corrected chi connectivity index (χ4v) is 5.67. The van der Waals surface area contributed by atoms with E-state index >= 15 is 0 Å². The predicted molar refractivity (Wildman–Crippen MR) is 132 cm³/mol. The maximum Gasteiger partial charge on any atom is 0.407 e. The van der Waals surface area contributed by atoms with Crippen LogP contribution in [-0.4, -0.2) is 47.6 Å². The molecule has 0 radical (unpaired) electrons. The minimum Gasteiger partial charge on any atom is -0.478 e. The zero-order valence-corrected chi connectivity index (χ0v) is 20.2. The van der Waals surface area contributed by atoms with Gasteiger partial charge in [0.25, 0.3) is 0 Å². The number of carboxylic acids is 1. The van der Waals surface area contributed by atoms with Gasteiger partial charge >= 0.3 is 12.1 Å². The van der Waals surface area contributed by atoms with Gasteiger partial charge in [0, 0.05) is 25.4 Å². The Morgan fingerprint density at radius 2 is 1.74 bits per heavy atom.